The van der Waals surface area contributed by atoms with Crippen LogP contribution < -0.4 is 0 Å². The van der Waals surface area contributed by atoms with Gasteiger partial charge < -0.3 is 13.6 Å². The van der Waals surface area contributed by atoms with E-state index >= 15 is 0 Å². The van der Waals surface area contributed by atoms with Gasteiger partial charge in [0, 0.05) is 19.8 Å². The van der Waals surface area contributed by atoms with E-state index in [0.29, 0.717) is 0 Å². The summed E-state index contributed by atoms with van der Waals surface area (Å²) >= 11 is 0. The maximum Gasteiger partial charge on any atom is 0.334 e. The highest BCUT2D eigenvalue weighted by Crippen LogP contribution is 2.16. The van der Waals surface area contributed by atoms with Gasteiger partial charge in [0.1, 0.15) is 0 Å². The van der Waals surface area contributed by atoms with E-state index in [1.165, 1.54) is 0 Å². The highest BCUT2D eigenvalue weighted by Gasteiger charge is 2.29. The van der Waals surface area contributed by atoms with Crippen LogP contribution in [0, 0.1) is 0 Å². The monoisotopic (exact) mass is 260 g/mol. The first-order valence-electron chi connectivity index (χ1n) is 6.50. The summed E-state index contributed by atoms with van der Waals surface area (Å²) in [6, 6.07) is 0.984. The molecule has 3 nitrogen and oxygen atoms in total. The summed E-state index contributed by atoms with van der Waals surface area (Å²) < 4.78 is 17.2. The maximum atomic E-state index is 5.77. The molecule has 17 heavy (non-hydrogen) atoms. The van der Waals surface area contributed by atoms with Crippen molar-refractivity contribution in [3.05, 3.63) is 12.2 Å². The largest absolute Gasteiger partial charge is 0.395 e. The topological polar surface area (TPSA) is 27.7 Å². The maximum absolute atomic E-state index is 5.77. The van der Waals surface area contributed by atoms with Gasteiger partial charge in [-0.15, -0.1) is 0 Å². The summed E-state index contributed by atoms with van der Waals surface area (Å²) in [6.45, 7) is 16.3. The fraction of sp³-hybridized carbons (Fsp3) is 0.846. The van der Waals surface area contributed by atoms with Crippen molar-refractivity contribution in [3.63, 3.8) is 0 Å². The van der Waals surface area contributed by atoms with Crippen LogP contribution in [0.1, 0.15) is 34.1 Å². The second kappa shape index (κ2) is 8.86. The van der Waals surface area contributed by atoms with Crippen LogP contribution in [-0.4, -0.2) is 34.5 Å². The number of hydrogen-bond donors (Lipinski definition) is 0. The SMILES string of the molecule is C=C(C)C(C)OCCC[Si](C)(OCC)OCC. The van der Waals surface area contributed by atoms with Gasteiger partial charge in [0.05, 0.1) is 6.10 Å². The van der Waals surface area contributed by atoms with E-state index in [4.69, 9.17) is 13.6 Å². The molecule has 0 saturated heterocycles. The van der Waals surface area contributed by atoms with Gasteiger partial charge in [-0.1, -0.05) is 12.2 Å². The highest BCUT2D eigenvalue weighted by molar-refractivity contribution is 6.66. The molecule has 0 aromatic heterocycles. The van der Waals surface area contributed by atoms with Crippen molar-refractivity contribution < 1.29 is 13.6 Å². The zero-order valence-corrected chi connectivity index (χ0v) is 13.0. The molecule has 0 aliphatic carbocycles. The summed E-state index contributed by atoms with van der Waals surface area (Å²) in [5.74, 6) is 0. The molecule has 0 aromatic carbocycles. The van der Waals surface area contributed by atoms with Crippen LogP contribution in [0.3, 0.4) is 0 Å². The lowest BCUT2D eigenvalue weighted by atomic mass is 10.2. The Labute approximate surface area is 107 Å². The van der Waals surface area contributed by atoms with Crippen molar-refractivity contribution in [2.75, 3.05) is 19.8 Å². The Morgan fingerprint density at radius 2 is 1.76 bits per heavy atom. The molecule has 4 heteroatoms. The minimum Gasteiger partial charge on any atom is -0.395 e. The molecule has 1 atom stereocenters. The summed E-state index contributed by atoms with van der Waals surface area (Å²) in [5, 5.41) is 0. The molecule has 0 fully saturated rings. The molecule has 0 aliphatic heterocycles. The minimum absolute atomic E-state index is 0.141. The third kappa shape index (κ3) is 7.71. The molecule has 0 heterocycles. The van der Waals surface area contributed by atoms with E-state index in [2.05, 4.69) is 13.1 Å². The van der Waals surface area contributed by atoms with E-state index in [1.807, 2.05) is 27.7 Å². The first-order chi connectivity index (χ1) is 7.95. The normalized spacial score (nSPS) is 13.7. The van der Waals surface area contributed by atoms with Crippen LogP contribution >= 0.6 is 0 Å². The molecule has 0 spiro atoms. The number of ether oxygens (including phenoxy) is 1. The van der Waals surface area contributed by atoms with Gasteiger partial charge in [0.2, 0.25) is 0 Å². The Balaban J connectivity index is 3.86. The fourth-order valence-electron chi connectivity index (χ4n) is 1.59. The molecule has 0 radical (unpaired) electrons. The van der Waals surface area contributed by atoms with E-state index in [-0.39, 0.29) is 6.10 Å². The van der Waals surface area contributed by atoms with Crippen LogP contribution in [-0.2, 0) is 13.6 Å². The first-order valence-corrected chi connectivity index (χ1v) is 9.02. The van der Waals surface area contributed by atoms with Crippen molar-refractivity contribution in [3.8, 4) is 0 Å². The zero-order chi connectivity index (χ0) is 13.3. The van der Waals surface area contributed by atoms with Gasteiger partial charge in [0.15, 0.2) is 0 Å². The molecule has 0 amide bonds. The average Bonchev–Trinajstić information content (AvgIpc) is 2.24. The Bertz CT molecular complexity index is 213. The van der Waals surface area contributed by atoms with E-state index in [0.717, 1.165) is 37.9 Å². The van der Waals surface area contributed by atoms with Gasteiger partial charge in [-0.05, 0) is 46.7 Å². The fourth-order valence-corrected chi connectivity index (χ4v) is 3.97. The van der Waals surface area contributed by atoms with Crippen molar-refractivity contribution in [1.82, 2.24) is 0 Å². The van der Waals surface area contributed by atoms with Crippen molar-refractivity contribution >= 4 is 8.56 Å². The molecule has 0 bridgehead atoms. The Kier molecular flexibility index (Phi) is 8.77. The van der Waals surface area contributed by atoms with Gasteiger partial charge in [-0.2, -0.15) is 0 Å². The van der Waals surface area contributed by atoms with Gasteiger partial charge in [-0.25, -0.2) is 0 Å². The first kappa shape index (κ1) is 16.8. The average molecular weight is 260 g/mol. The molecular weight excluding hydrogens is 232 g/mol. The second-order valence-corrected chi connectivity index (χ2v) is 7.81. The van der Waals surface area contributed by atoms with Gasteiger partial charge in [0.25, 0.3) is 0 Å². The molecule has 0 saturated carbocycles. The lowest BCUT2D eigenvalue weighted by Gasteiger charge is -2.26. The predicted molar refractivity (Wildman–Crippen MR) is 74.5 cm³/mol. The molecule has 0 aromatic rings. The number of hydrogen-bond acceptors (Lipinski definition) is 3. The summed E-state index contributed by atoms with van der Waals surface area (Å²) in [4.78, 5) is 0. The standard InChI is InChI=1S/C13H28O3Si/c1-7-15-17(6,16-8-2)11-9-10-14-13(5)12(3)4/h13H,3,7-11H2,1-2,4-6H3. The van der Waals surface area contributed by atoms with Crippen molar-refractivity contribution in [2.24, 2.45) is 0 Å². The molecule has 0 N–H and O–H groups in total. The van der Waals surface area contributed by atoms with Crippen molar-refractivity contribution in [1.29, 1.82) is 0 Å². The minimum atomic E-state index is -1.95. The van der Waals surface area contributed by atoms with Crippen LogP contribution in [0.2, 0.25) is 12.6 Å². The Morgan fingerprint density at radius 1 is 1.24 bits per heavy atom. The van der Waals surface area contributed by atoms with Gasteiger partial charge >= 0.3 is 8.56 Å². The zero-order valence-electron chi connectivity index (χ0n) is 12.0. The smallest absolute Gasteiger partial charge is 0.334 e. The van der Waals surface area contributed by atoms with E-state index < -0.39 is 8.56 Å². The van der Waals surface area contributed by atoms with E-state index in [9.17, 15) is 0 Å². The van der Waals surface area contributed by atoms with Gasteiger partial charge in [-0.3, -0.25) is 0 Å². The molecular formula is C13H28O3Si. The third-order valence-electron chi connectivity index (χ3n) is 2.74. The van der Waals surface area contributed by atoms with Crippen LogP contribution in [0.25, 0.3) is 0 Å². The van der Waals surface area contributed by atoms with Crippen molar-refractivity contribution in [2.45, 2.75) is 52.8 Å². The van der Waals surface area contributed by atoms with Crippen LogP contribution in [0.15, 0.2) is 12.2 Å². The Hall–Kier alpha value is -0.163. The van der Waals surface area contributed by atoms with Crippen LogP contribution in [0.5, 0.6) is 0 Å². The molecule has 102 valence electrons. The third-order valence-corrected chi connectivity index (χ3v) is 5.80. The summed E-state index contributed by atoms with van der Waals surface area (Å²) in [7, 11) is -1.95. The summed E-state index contributed by atoms with van der Waals surface area (Å²) in [5.41, 5.74) is 1.07. The predicted octanol–water partition coefficient (Wildman–Crippen LogP) is 3.50. The second-order valence-electron chi connectivity index (χ2n) is 4.46. The highest BCUT2D eigenvalue weighted by atomic mass is 28.4. The quantitative estimate of drug-likeness (QED) is 0.342. The molecule has 0 rings (SSSR count). The number of rotatable bonds is 10. The Morgan fingerprint density at radius 3 is 2.18 bits per heavy atom. The van der Waals surface area contributed by atoms with Crippen LogP contribution in [0.4, 0.5) is 0 Å². The summed E-state index contributed by atoms with van der Waals surface area (Å²) in [6.07, 6.45) is 1.13. The lowest BCUT2D eigenvalue weighted by Crippen LogP contribution is -2.38. The van der Waals surface area contributed by atoms with E-state index in [1.54, 1.807) is 0 Å². The lowest BCUT2D eigenvalue weighted by molar-refractivity contribution is 0.0878. The molecule has 1 unspecified atom stereocenters. The molecule has 0 aliphatic rings.